The summed E-state index contributed by atoms with van der Waals surface area (Å²) >= 11 is 0. The second-order valence-electron chi connectivity index (χ2n) is 8.44. The van der Waals surface area contributed by atoms with Gasteiger partial charge in [-0.2, -0.15) is 0 Å². The van der Waals surface area contributed by atoms with E-state index in [1.807, 2.05) is 0 Å². The Bertz CT molecular complexity index is 1090. The maximum absolute atomic E-state index is 15.0. The van der Waals surface area contributed by atoms with Crippen molar-refractivity contribution >= 4 is 0 Å². The van der Waals surface area contributed by atoms with E-state index in [4.69, 9.17) is 14.6 Å². The molecule has 0 aliphatic heterocycles. The maximum Gasteiger partial charge on any atom is 0.166 e. The van der Waals surface area contributed by atoms with Crippen molar-refractivity contribution in [1.29, 1.82) is 0 Å². The lowest BCUT2D eigenvalue weighted by Gasteiger charge is -2.29. The fourth-order valence-electron chi connectivity index (χ4n) is 4.45. The molecule has 0 heterocycles. The summed E-state index contributed by atoms with van der Waals surface area (Å²) in [6, 6.07) is 14.8. The van der Waals surface area contributed by atoms with E-state index >= 15 is 0 Å². The van der Waals surface area contributed by atoms with Gasteiger partial charge in [0, 0.05) is 5.56 Å². The summed E-state index contributed by atoms with van der Waals surface area (Å²) in [7, 11) is 1.42. The van der Waals surface area contributed by atoms with Gasteiger partial charge in [-0.1, -0.05) is 42.5 Å². The Balaban J connectivity index is 1.37. The van der Waals surface area contributed by atoms with E-state index in [9.17, 15) is 13.2 Å². The van der Waals surface area contributed by atoms with Crippen LogP contribution in [0, 0.1) is 17.5 Å². The van der Waals surface area contributed by atoms with Crippen molar-refractivity contribution in [2.75, 3.05) is 7.11 Å². The van der Waals surface area contributed by atoms with Crippen LogP contribution in [0.5, 0.6) is 5.75 Å². The number of aliphatic hydroxyl groups is 1. The van der Waals surface area contributed by atoms with Crippen molar-refractivity contribution in [3.63, 3.8) is 0 Å². The van der Waals surface area contributed by atoms with E-state index in [0.29, 0.717) is 36.1 Å². The number of rotatable bonds is 7. The minimum Gasteiger partial charge on any atom is -0.494 e. The zero-order valence-electron chi connectivity index (χ0n) is 18.5. The first-order valence-corrected chi connectivity index (χ1v) is 11.1. The third kappa shape index (κ3) is 5.23. The van der Waals surface area contributed by atoms with Gasteiger partial charge in [0.25, 0.3) is 0 Å². The van der Waals surface area contributed by atoms with Crippen molar-refractivity contribution in [3.05, 3.63) is 88.7 Å². The third-order valence-electron chi connectivity index (χ3n) is 6.38. The summed E-state index contributed by atoms with van der Waals surface area (Å²) in [4.78, 5) is 0. The first-order chi connectivity index (χ1) is 16.0. The van der Waals surface area contributed by atoms with Gasteiger partial charge in [0.2, 0.25) is 0 Å². The number of benzene rings is 3. The molecule has 4 rings (SSSR count). The molecule has 1 saturated carbocycles. The van der Waals surface area contributed by atoms with Gasteiger partial charge in [-0.3, -0.25) is 0 Å². The molecule has 1 fully saturated rings. The van der Waals surface area contributed by atoms with Crippen molar-refractivity contribution in [2.24, 2.45) is 0 Å². The molecule has 0 amide bonds. The molecule has 0 aromatic heterocycles. The van der Waals surface area contributed by atoms with Crippen LogP contribution in [0.4, 0.5) is 13.2 Å². The summed E-state index contributed by atoms with van der Waals surface area (Å²) in [6.45, 7) is 0.197. The third-order valence-corrected chi connectivity index (χ3v) is 6.38. The van der Waals surface area contributed by atoms with Crippen molar-refractivity contribution in [2.45, 2.75) is 50.9 Å². The van der Waals surface area contributed by atoms with E-state index < -0.39 is 17.5 Å². The predicted octanol–water partition coefficient (Wildman–Crippen LogP) is 6.51. The van der Waals surface area contributed by atoms with Gasteiger partial charge in [0.15, 0.2) is 23.2 Å². The van der Waals surface area contributed by atoms with Crippen LogP contribution in [-0.2, 0) is 18.0 Å². The number of aliphatic hydroxyl groups excluding tert-OH is 1. The molecule has 0 spiro atoms. The van der Waals surface area contributed by atoms with E-state index in [1.165, 1.54) is 13.2 Å². The van der Waals surface area contributed by atoms with Crippen LogP contribution < -0.4 is 4.74 Å². The summed E-state index contributed by atoms with van der Waals surface area (Å²) in [6.07, 6.45) is 2.86. The SMILES string of the molecule is COc1ccc(COC2CCC(c3ccc(-c4ccc(CO)cc4)c(F)c3F)CC2)cc1F. The topological polar surface area (TPSA) is 38.7 Å². The predicted molar refractivity (Wildman–Crippen MR) is 120 cm³/mol. The number of hydrogen-bond donors (Lipinski definition) is 1. The summed E-state index contributed by atoms with van der Waals surface area (Å²) in [5, 5.41) is 9.16. The first kappa shape index (κ1) is 23.3. The number of ether oxygens (including phenoxy) is 2. The highest BCUT2D eigenvalue weighted by Crippen LogP contribution is 2.38. The maximum atomic E-state index is 15.0. The monoisotopic (exact) mass is 456 g/mol. The number of hydrogen-bond acceptors (Lipinski definition) is 3. The zero-order valence-corrected chi connectivity index (χ0v) is 18.5. The van der Waals surface area contributed by atoms with E-state index in [2.05, 4.69) is 0 Å². The van der Waals surface area contributed by atoms with Crippen molar-refractivity contribution in [1.82, 2.24) is 0 Å². The molecular formula is C27H27F3O3. The first-order valence-electron chi connectivity index (χ1n) is 11.1. The van der Waals surface area contributed by atoms with Gasteiger partial charge < -0.3 is 14.6 Å². The minimum absolute atomic E-state index is 0.00336. The Kier molecular flexibility index (Phi) is 7.36. The second-order valence-corrected chi connectivity index (χ2v) is 8.44. The average Bonchev–Trinajstić information content (AvgIpc) is 2.85. The van der Waals surface area contributed by atoms with Crippen LogP contribution in [0.25, 0.3) is 11.1 Å². The molecule has 33 heavy (non-hydrogen) atoms. The Labute approximate surface area is 191 Å². The highest BCUT2D eigenvalue weighted by Gasteiger charge is 2.27. The van der Waals surface area contributed by atoms with Crippen LogP contribution >= 0.6 is 0 Å². The average molecular weight is 457 g/mol. The molecule has 0 unspecified atom stereocenters. The molecule has 0 bridgehead atoms. The van der Waals surface area contributed by atoms with Crippen molar-refractivity contribution < 1.29 is 27.8 Å². The highest BCUT2D eigenvalue weighted by atomic mass is 19.2. The molecule has 3 aromatic rings. The molecule has 6 heteroatoms. The van der Waals surface area contributed by atoms with E-state index in [-0.39, 0.29) is 29.9 Å². The Morgan fingerprint density at radius 2 is 1.55 bits per heavy atom. The van der Waals surface area contributed by atoms with Crippen LogP contribution in [-0.4, -0.2) is 18.3 Å². The largest absolute Gasteiger partial charge is 0.494 e. The smallest absolute Gasteiger partial charge is 0.166 e. The molecule has 0 radical (unpaired) electrons. The van der Waals surface area contributed by atoms with Gasteiger partial charge in [-0.25, -0.2) is 13.2 Å². The Hall–Kier alpha value is -2.83. The van der Waals surface area contributed by atoms with Gasteiger partial charge >= 0.3 is 0 Å². The molecule has 1 aliphatic rings. The second kappa shape index (κ2) is 10.4. The lowest BCUT2D eigenvalue weighted by molar-refractivity contribution is 0.0130. The minimum atomic E-state index is -0.843. The Morgan fingerprint density at radius 1 is 0.848 bits per heavy atom. The van der Waals surface area contributed by atoms with Crippen LogP contribution in [0.3, 0.4) is 0 Å². The number of methoxy groups -OCH3 is 1. The summed E-state index contributed by atoms with van der Waals surface area (Å²) in [5.41, 5.74) is 2.63. The molecule has 3 nitrogen and oxygen atoms in total. The fourth-order valence-corrected chi connectivity index (χ4v) is 4.45. The normalized spacial score (nSPS) is 18.3. The van der Waals surface area contributed by atoms with Crippen molar-refractivity contribution in [3.8, 4) is 16.9 Å². The summed E-state index contributed by atoms with van der Waals surface area (Å²) < 4.78 is 54.5. The van der Waals surface area contributed by atoms with Crippen LogP contribution in [0.15, 0.2) is 54.6 Å². The molecular weight excluding hydrogens is 429 g/mol. The standard InChI is InChI=1S/C27H27F3O3/c1-32-25-13-4-18(14-24(25)28)16-33-21-9-7-20(8-10-21)23-12-11-22(26(29)27(23)30)19-5-2-17(15-31)3-6-19/h2-6,11-14,20-21,31H,7-10,15-16H2,1H3. The lowest BCUT2D eigenvalue weighted by atomic mass is 9.82. The van der Waals surface area contributed by atoms with Gasteiger partial charge in [0.05, 0.1) is 26.4 Å². The zero-order chi connectivity index (χ0) is 23.4. The number of halogens is 3. The Morgan fingerprint density at radius 3 is 2.18 bits per heavy atom. The van der Waals surface area contributed by atoms with E-state index in [0.717, 1.165) is 18.4 Å². The molecule has 1 N–H and O–H groups in total. The highest BCUT2D eigenvalue weighted by molar-refractivity contribution is 5.65. The van der Waals surface area contributed by atoms with Gasteiger partial charge in [0.1, 0.15) is 0 Å². The quantitative estimate of drug-likeness (QED) is 0.440. The molecule has 0 saturated heterocycles. The summed E-state index contributed by atoms with van der Waals surface area (Å²) in [5.74, 6) is -1.93. The van der Waals surface area contributed by atoms with Gasteiger partial charge in [-0.15, -0.1) is 0 Å². The van der Waals surface area contributed by atoms with E-state index in [1.54, 1.807) is 48.5 Å². The fraction of sp³-hybridized carbons (Fsp3) is 0.333. The molecule has 1 aliphatic carbocycles. The molecule has 3 aromatic carbocycles. The van der Waals surface area contributed by atoms with Crippen LogP contribution in [0.2, 0.25) is 0 Å². The van der Waals surface area contributed by atoms with Crippen LogP contribution in [0.1, 0.15) is 48.3 Å². The molecule has 174 valence electrons. The van der Waals surface area contributed by atoms with Gasteiger partial charge in [-0.05, 0) is 66.0 Å². The lowest BCUT2D eigenvalue weighted by Crippen LogP contribution is -2.21. The molecule has 0 atom stereocenters.